The Morgan fingerprint density at radius 3 is 2.84 bits per heavy atom. The first kappa shape index (κ1) is 11.7. The highest BCUT2D eigenvalue weighted by molar-refractivity contribution is 5.83. The SMILES string of the molecule is COc1cccc2c1-c1ncccc1C2CC(=O)O. The summed E-state index contributed by atoms with van der Waals surface area (Å²) in [4.78, 5) is 15.5. The van der Waals surface area contributed by atoms with Crippen LogP contribution in [0.25, 0.3) is 11.3 Å². The van der Waals surface area contributed by atoms with E-state index in [1.807, 2.05) is 30.3 Å². The van der Waals surface area contributed by atoms with Crippen molar-refractivity contribution in [1.29, 1.82) is 0 Å². The van der Waals surface area contributed by atoms with Crippen molar-refractivity contribution < 1.29 is 14.6 Å². The molecule has 2 aromatic rings. The van der Waals surface area contributed by atoms with E-state index in [1.54, 1.807) is 13.3 Å². The molecule has 1 aliphatic rings. The number of benzene rings is 1. The summed E-state index contributed by atoms with van der Waals surface area (Å²) in [6.07, 6.45) is 1.79. The fourth-order valence-electron chi connectivity index (χ4n) is 2.73. The van der Waals surface area contributed by atoms with Crippen LogP contribution in [0.4, 0.5) is 0 Å². The second-order valence-electron chi connectivity index (χ2n) is 4.52. The van der Waals surface area contributed by atoms with E-state index in [0.717, 1.165) is 28.1 Å². The molecule has 1 unspecified atom stereocenters. The molecule has 0 fully saturated rings. The van der Waals surface area contributed by atoms with Crippen LogP contribution >= 0.6 is 0 Å². The molecule has 0 aliphatic heterocycles. The van der Waals surface area contributed by atoms with Gasteiger partial charge in [-0.3, -0.25) is 9.78 Å². The van der Waals surface area contributed by atoms with Crippen molar-refractivity contribution in [1.82, 2.24) is 4.98 Å². The van der Waals surface area contributed by atoms with Gasteiger partial charge in [-0.2, -0.15) is 0 Å². The van der Waals surface area contributed by atoms with E-state index in [0.29, 0.717) is 0 Å². The van der Waals surface area contributed by atoms with Crippen LogP contribution in [0.5, 0.6) is 5.75 Å². The van der Waals surface area contributed by atoms with Crippen molar-refractivity contribution in [3.05, 3.63) is 47.7 Å². The minimum Gasteiger partial charge on any atom is -0.496 e. The van der Waals surface area contributed by atoms with Gasteiger partial charge in [-0.1, -0.05) is 18.2 Å². The predicted octanol–water partition coefficient (Wildman–Crippen LogP) is 2.68. The quantitative estimate of drug-likeness (QED) is 0.916. The summed E-state index contributed by atoms with van der Waals surface area (Å²) in [6.45, 7) is 0. The summed E-state index contributed by atoms with van der Waals surface area (Å²) in [7, 11) is 1.61. The van der Waals surface area contributed by atoms with Crippen LogP contribution < -0.4 is 4.74 Å². The Hall–Kier alpha value is -2.36. The minimum absolute atomic E-state index is 0.0683. The third-order valence-electron chi connectivity index (χ3n) is 3.48. The smallest absolute Gasteiger partial charge is 0.304 e. The zero-order chi connectivity index (χ0) is 13.4. The van der Waals surface area contributed by atoms with Crippen LogP contribution in [0.3, 0.4) is 0 Å². The van der Waals surface area contributed by atoms with E-state index in [9.17, 15) is 4.79 Å². The topological polar surface area (TPSA) is 59.4 Å². The molecule has 3 rings (SSSR count). The fourth-order valence-corrected chi connectivity index (χ4v) is 2.73. The van der Waals surface area contributed by atoms with Gasteiger partial charge in [0.15, 0.2) is 0 Å². The molecular formula is C15H13NO3. The van der Waals surface area contributed by atoms with Crippen molar-refractivity contribution in [2.75, 3.05) is 7.11 Å². The van der Waals surface area contributed by atoms with E-state index < -0.39 is 5.97 Å². The van der Waals surface area contributed by atoms with Gasteiger partial charge in [0.25, 0.3) is 0 Å². The van der Waals surface area contributed by atoms with Crippen molar-refractivity contribution in [2.45, 2.75) is 12.3 Å². The highest BCUT2D eigenvalue weighted by atomic mass is 16.5. The van der Waals surface area contributed by atoms with Gasteiger partial charge < -0.3 is 9.84 Å². The molecule has 0 saturated heterocycles. The first-order chi connectivity index (χ1) is 9.22. The number of ether oxygens (including phenoxy) is 1. The van der Waals surface area contributed by atoms with E-state index in [1.165, 1.54) is 0 Å². The monoisotopic (exact) mass is 255 g/mol. The van der Waals surface area contributed by atoms with Gasteiger partial charge in [-0.25, -0.2) is 0 Å². The Balaban J connectivity index is 2.24. The zero-order valence-electron chi connectivity index (χ0n) is 10.5. The molecule has 1 aliphatic carbocycles. The molecule has 0 radical (unpaired) electrons. The van der Waals surface area contributed by atoms with E-state index in [-0.39, 0.29) is 12.3 Å². The number of hydrogen-bond acceptors (Lipinski definition) is 3. The second kappa shape index (κ2) is 4.39. The third-order valence-corrected chi connectivity index (χ3v) is 3.48. The average Bonchev–Trinajstić information content (AvgIpc) is 2.73. The Labute approximate surface area is 110 Å². The fraction of sp³-hybridized carbons (Fsp3) is 0.200. The highest BCUT2D eigenvalue weighted by Gasteiger charge is 2.33. The van der Waals surface area contributed by atoms with Gasteiger partial charge in [0.2, 0.25) is 0 Å². The van der Waals surface area contributed by atoms with Crippen LogP contribution in [0.1, 0.15) is 23.5 Å². The van der Waals surface area contributed by atoms with Gasteiger partial charge in [0.1, 0.15) is 5.75 Å². The summed E-state index contributed by atoms with van der Waals surface area (Å²) < 4.78 is 5.38. The molecule has 0 bridgehead atoms. The number of carboxylic acid groups (broad SMARTS) is 1. The van der Waals surface area contributed by atoms with Crippen LogP contribution in [0.2, 0.25) is 0 Å². The lowest BCUT2D eigenvalue weighted by Crippen LogP contribution is -2.05. The maximum Gasteiger partial charge on any atom is 0.304 e. The third kappa shape index (κ3) is 1.76. The number of aromatic nitrogens is 1. The number of methoxy groups -OCH3 is 1. The summed E-state index contributed by atoms with van der Waals surface area (Å²) in [6, 6.07) is 9.49. The van der Waals surface area contributed by atoms with Crippen molar-refractivity contribution in [2.24, 2.45) is 0 Å². The molecule has 0 saturated carbocycles. The van der Waals surface area contributed by atoms with Crippen molar-refractivity contribution in [3.8, 4) is 17.0 Å². The molecule has 4 heteroatoms. The molecule has 1 aromatic heterocycles. The average molecular weight is 255 g/mol. The Kier molecular flexibility index (Phi) is 2.71. The molecule has 1 heterocycles. The first-order valence-electron chi connectivity index (χ1n) is 6.06. The number of fused-ring (bicyclic) bond motifs is 3. The van der Waals surface area contributed by atoms with Crippen molar-refractivity contribution >= 4 is 5.97 Å². The summed E-state index contributed by atoms with van der Waals surface area (Å²) in [5, 5.41) is 9.10. The molecule has 0 amide bonds. The molecule has 1 aromatic carbocycles. The number of nitrogens with zero attached hydrogens (tertiary/aromatic N) is 1. The van der Waals surface area contributed by atoms with Gasteiger partial charge in [-0.15, -0.1) is 0 Å². The van der Waals surface area contributed by atoms with Gasteiger partial charge in [0.05, 0.1) is 19.2 Å². The van der Waals surface area contributed by atoms with Crippen LogP contribution in [0.15, 0.2) is 36.5 Å². The highest BCUT2D eigenvalue weighted by Crippen LogP contribution is 2.48. The summed E-state index contributed by atoms with van der Waals surface area (Å²) in [5.74, 6) is -0.216. The van der Waals surface area contributed by atoms with E-state index in [2.05, 4.69) is 4.98 Å². The molecule has 1 atom stereocenters. The van der Waals surface area contributed by atoms with Gasteiger partial charge in [0, 0.05) is 17.7 Å². The van der Waals surface area contributed by atoms with Crippen LogP contribution in [0, 0.1) is 0 Å². The van der Waals surface area contributed by atoms with E-state index >= 15 is 0 Å². The van der Waals surface area contributed by atoms with E-state index in [4.69, 9.17) is 9.84 Å². The maximum atomic E-state index is 11.1. The second-order valence-corrected chi connectivity index (χ2v) is 4.52. The molecule has 4 nitrogen and oxygen atoms in total. The van der Waals surface area contributed by atoms with Gasteiger partial charge >= 0.3 is 5.97 Å². The number of rotatable bonds is 3. The Morgan fingerprint density at radius 2 is 2.11 bits per heavy atom. The summed E-state index contributed by atoms with van der Waals surface area (Å²) in [5.41, 5.74) is 3.70. The first-order valence-corrected chi connectivity index (χ1v) is 6.06. The lowest BCUT2D eigenvalue weighted by molar-refractivity contribution is -0.137. The summed E-state index contributed by atoms with van der Waals surface area (Å²) >= 11 is 0. The number of carboxylic acids is 1. The maximum absolute atomic E-state index is 11.1. The molecule has 19 heavy (non-hydrogen) atoms. The predicted molar refractivity (Wildman–Crippen MR) is 70.3 cm³/mol. The van der Waals surface area contributed by atoms with Crippen LogP contribution in [-0.2, 0) is 4.79 Å². The number of carbonyl (C=O) groups is 1. The number of aliphatic carboxylic acids is 1. The number of pyridine rings is 1. The van der Waals surface area contributed by atoms with Crippen LogP contribution in [-0.4, -0.2) is 23.2 Å². The lowest BCUT2D eigenvalue weighted by Gasteiger charge is -2.10. The Bertz CT molecular complexity index is 652. The largest absolute Gasteiger partial charge is 0.496 e. The van der Waals surface area contributed by atoms with Crippen molar-refractivity contribution in [3.63, 3.8) is 0 Å². The minimum atomic E-state index is -0.810. The molecule has 1 N–H and O–H groups in total. The molecule has 0 spiro atoms. The van der Waals surface area contributed by atoms with Gasteiger partial charge in [-0.05, 0) is 23.3 Å². The molecule has 96 valence electrons. The number of hydrogen-bond donors (Lipinski definition) is 1. The molecular weight excluding hydrogens is 242 g/mol. The Morgan fingerprint density at radius 1 is 1.32 bits per heavy atom. The lowest BCUT2D eigenvalue weighted by atomic mass is 9.94. The zero-order valence-corrected chi connectivity index (χ0v) is 10.5. The standard InChI is InChI=1S/C15H13NO3/c1-19-12-6-2-4-9-11(8-13(17)18)10-5-3-7-16-15(10)14(9)12/h2-7,11H,8H2,1H3,(H,17,18). The normalized spacial score (nSPS) is 15.7.